The van der Waals surface area contributed by atoms with Crippen molar-refractivity contribution in [2.45, 2.75) is 45.1 Å². The fourth-order valence-electron chi connectivity index (χ4n) is 3.71. The summed E-state index contributed by atoms with van der Waals surface area (Å²) in [6.45, 7) is 3.09. The molecular formula is C18H26N2O. The topological polar surface area (TPSA) is 32.3 Å². The van der Waals surface area contributed by atoms with Gasteiger partial charge in [0.25, 0.3) is 0 Å². The molecular weight excluding hydrogens is 260 g/mol. The molecule has 1 aromatic rings. The monoisotopic (exact) mass is 286 g/mol. The Bertz CT molecular complexity index is 506. The van der Waals surface area contributed by atoms with E-state index in [0.29, 0.717) is 11.9 Å². The Morgan fingerprint density at radius 2 is 1.90 bits per heavy atom. The number of carbonyl (C=O) groups is 1. The van der Waals surface area contributed by atoms with Gasteiger partial charge < -0.3 is 10.2 Å². The summed E-state index contributed by atoms with van der Waals surface area (Å²) in [6.07, 6.45) is 5.72. The third-order valence-corrected chi connectivity index (χ3v) is 5.25. The first kappa shape index (κ1) is 14.4. The molecule has 0 spiro atoms. The molecule has 3 heteroatoms. The molecule has 21 heavy (non-hydrogen) atoms. The minimum atomic E-state index is 0.0873. The van der Waals surface area contributed by atoms with Gasteiger partial charge in [-0.1, -0.05) is 25.1 Å². The van der Waals surface area contributed by atoms with E-state index in [4.69, 9.17) is 0 Å². The van der Waals surface area contributed by atoms with Crippen LogP contribution < -0.4 is 5.32 Å². The van der Waals surface area contributed by atoms with Crippen molar-refractivity contribution in [3.63, 3.8) is 0 Å². The molecule has 1 amide bonds. The predicted octanol–water partition coefficient (Wildman–Crippen LogP) is 3.31. The fraction of sp³-hybridized carbons (Fsp3) is 0.611. The predicted molar refractivity (Wildman–Crippen MR) is 86.3 cm³/mol. The summed E-state index contributed by atoms with van der Waals surface area (Å²) in [4.78, 5) is 14.8. The van der Waals surface area contributed by atoms with Gasteiger partial charge in [-0.2, -0.15) is 0 Å². The first-order chi connectivity index (χ1) is 10.1. The van der Waals surface area contributed by atoms with Crippen LogP contribution in [0.4, 0.5) is 5.69 Å². The highest BCUT2D eigenvalue weighted by molar-refractivity contribution is 5.81. The number of carbonyl (C=O) groups excluding carboxylic acids is 1. The maximum atomic E-state index is 12.8. The molecule has 1 fully saturated rings. The van der Waals surface area contributed by atoms with E-state index in [-0.39, 0.29) is 5.92 Å². The minimum absolute atomic E-state index is 0.0873. The van der Waals surface area contributed by atoms with E-state index >= 15 is 0 Å². The molecule has 1 heterocycles. The third kappa shape index (κ3) is 3.07. The van der Waals surface area contributed by atoms with Gasteiger partial charge in [0.15, 0.2) is 0 Å². The minimum Gasteiger partial charge on any atom is -0.384 e. The Morgan fingerprint density at radius 1 is 1.19 bits per heavy atom. The van der Waals surface area contributed by atoms with Gasteiger partial charge in [0.2, 0.25) is 5.91 Å². The van der Waals surface area contributed by atoms with E-state index in [0.717, 1.165) is 18.9 Å². The number of hydrogen-bond donors (Lipinski definition) is 1. The molecule has 1 unspecified atom stereocenters. The second kappa shape index (κ2) is 6.08. The van der Waals surface area contributed by atoms with Crippen LogP contribution in [-0.4, -0.2) is 30.4 Å². The van der Waals surface area contributed by atoms with E-state index in [1.807, 2.05) is 18.0 Å². The van der Waals surface area contributed by atoms with Gasteiger partial charge in [0, 0.05) is 25.3 Å². The number of benzene rings is 1. The van der Waals surface area contributed by atoms with Crippen molar-refractivity contribution in [3.05, 3.63) is 29.8 Å². The van der Waals surface area contributed by atoms with E-state index < -0.39 is 0 Å². The van der Waals surface area contributed by atoms with Gasteiger partial charge in [-0.15, -0.1) is 0 Å². The molecule has 3 nitrogen and oxygen atoms in total. The second-order valence-electron chi connectivity index (χ2n) is 6.80. The van der Waals surface area contributed by atoms with Gasteiger partial charge in [-0.05, 0) is 49.7 Å². The number of amides is 1. The number of para-hydroxylation sites is 1. The molecule has 0 aromatic heterocycles. The number of hydrogen-bond acceptors (Lipinski definition) is 2. The summed E-state index contributed by atoms with van der Waals surface area (Å²) < 4.78 is 0. The molecule has 0 radical (unpaired) electrons. The van der Waals surface area contributed by atoms with Crippen molar-refractivity contribution >= 4 is 11.6 Å². The van der Waals surface area contributed by atoms with Crippen LogP contribution in [0.15, 0.2) is 24.3 Å². The maximum Gasteiger partial charge on any atom is 0.227 e. The summed E-state index contributed by atoms with van der Waals surface area (Å²) in [5, 5.41) is 3.41. The first-order valence-corrected chi connectivity index (χ1v) is 8.23. The lowest BCUT2D eigenvalue weighted by molar-refractivity contribution is -0.136. The fourth-order valence-corrected chi connectivity index (χ4v) is 3.71. The average Bonchev–Trinajstić information content (AvgIpc) is 2.54. The summed E-state index contributed by atoms with van der Waals surface area (Å²) >= 11 is 0. The van der Waals surface area contributed by atoms with Crippen LogP contribution in [0.25, 0.3) is 0 Å². The maximum absolute atomic E-state index is 12.8. The highest BCUT2D eigenvalue weighted by atomic mass is 16.2. The van der Waals surface area contributed by atoms with Crippen molar-refractivity contribution in [3.8, 4) is 0 Å². The lowest BCUT2D eigenvalue weighted by atomic mass is 9.85. The largest absolute Gasteiger partial charge is 0.384 e. The van der Waals surface area contributed by atoms with Crippen molar-refractivity contribution in [1.82, 2.24) is 4.90 Å². The Morgan fingerprint density at radius 3 is 2.67 bits per heavy atom. The first-order valence-electron chi connectivity index (χ1n) is 8.23. The van der Waals surface area contributed by atoms with E-state index in [1.54, 1.807) is 0 Å². The lowest BCUT2D eigenvalue weighted by Crippen LogP contribution is -2.45. The third-order valence-electron chi connectivity index (χ3n) is 5.25. The molecule has 114 valence electrons. The van der Waals surface area contributed by atoms with Crippen LogP contribution in [0.1, 0.15) is 38.2 Å². The number of anilines is 1. The Labute approximate surface area is 127 Å². The average molecular weight is 286 g/mol. The van der Waals surface area contributed by atoms with Crippen LogP contribution in [0.5, 0.6) is 0 Å². The van der Waals surface area contributed by atoms with Gasteiger partial charge in [0.05, 0.1) is 5.92 Å². The Hall–Kier alpha value is -1.51. The zero-order chi connectivity index (χ0) is 14.8. The van der Waals surface area contributed by atoms with E-state index in [9.17, 15) is 4.79 Å². The number of nitrogens with zero attached hydrogens (tertiary/aromatic N) is 1. The SMILES string of the molecule is CC1CCC(N(C)C(=O)C2CNc3ccccc3C2)CC1. The molecule has 1 aliphatic carbocycles. The standard InChI is InChI=1S/C18H26N2O/c1-13-7-9-16(10-8-13)20(2)18(21)15-11-14-5-3-4-6-17(14)19-12-15/h3-6,13,15-16,19H,7-12H2,1-2H3. The molecule has 1 N–H and O–H groups in total. The normalized spacial score (nSPS) is 28.4. The van der Waals surface area contributed by atoms with E-state index in [1.165, 1.54) is 36.9 Å². The second-order valence-corrected chi connectivity index (χ2v) is 6.80. The van der Waals surface area contributed by atoms with Gasteiger partial charge in [-0.3, -0.25) is 4.79 Å². The van der Waals surface area contributed by atoms with Crippen molar-refractivity contribution in [2.24, 2.45) is 11.8 Å². The number of rotatable bonds is 2. The van der Waals surface area contributed by atoms with Gasteiger partial charge >= 0.3 is 0 Å². The van der Waals surface area contributed by atoms with Crippen LogP contribution in [0.2, 0.25) is 0 Å². The van der Waals surface area contributed by atoms with Gasteiger partial charge in [0.1, 0.15) is 0 Å². The Kier molecular flexibility index (Phi) is 4.18. The summed E-state index contributed by atoms with van der Waals surface area (Å²) in [5.41, 5.74) is 2.46. The molecule has 0 saturated heterocycles. The molecule has 2 aliphatic rings. The van der Waals surface area contributed by atoms with Crippen molar-refractivity contribution in [1.29, 1.82) is 0 Å². The van der Waals surface area contributed by atoms with Gasteiger partial charge in [-0.25, -0.2) is 0 Å². The Balaban J connectivity index is 1.63. The van der Waals surface area contributed by atoms with Crippen LogP contribution in [-0.2, 0) is 11.2 Å². The molecule has 3 rings (SSSR count). The zero-order valence-corrected chi connectivity index (χ0v) is 13.1. The molecule has 1 saturated carbocycles. The highest BCUT2D eigenvalue weighted by Crippen LogP contribution is 2.29. The van der Waals surface area contributed by atoms with Crippen LogP contribution >= 0.6 is 0 Å². The highest BCUT2D eigenvalue weighted by Gasteiger charge is 2.31. The summed E-state index contributed by atoms with van der Waals surface area (Å²) in [5.74, 6) is 1.23. The number of fused-ring (bicyclic) bond motifs is 1. The zero-order valence-electron chi connectivity index (χ0n) is 13.1. The van der Waals surface area contributed by atoms with Crippen molar-refractivity contribution < 1.29 is 4.79 Å². The molecule has 1 aromatic carbocycles. The smallest absolute Gasteiger partial charge is 0.227 e. The molecule has 1 atom stereocenters. The van der Waals surface area contributed by atoms with Crippen LogP contribution in [0, 0.1) is 11.8 Å². The molecule has 0 bridgehead atoms. The number of nitrogens with one attached hydrogen (secondary N) is 1. The van der Waals surface area contributed by atoms with E-state index in [2.05, 4.69) is 30.4 Å². The summed E-state index contributed by atoms with van der Waals surface area (Å²) in [7, 11) is 2.00. The quantitative estimate of drug-likeness (QED) is 0.904. The summed E-state index contributed by atoms with van der Waals surface area (Å²) in [6, 6.07) is 8.78. The van der Waals surface area contributed by atoms with Crippen molar-refractivity contribution in [2.75, 3.05) is 18.9 Å². The lowest BCUT2D eigenvalue weighted by Gasteiger charge is -2.36. The van der Waals surface area contributed by atoms with Crippen LogP contribution in [0.3, 0.4) is 0 Å². The molecule has 1 aliphatic heterocycles.